The van der Waals surface area contributed by atoms with E-state index in [1.54, 1.807) is 109 Å². The van der Waals surface area contributed by atoms with Crippen LogP contribution < -0.4 is 21.1 Å². The van der Waals surface area contributed by atoms with Crippen LogP contribution in [0.25, 0.3) is 10.9 Å². The fraction of sp³-hybridized carbons (Fsp3) is 0.457. The molecule has 60 heavy (non-hydrogen) atoms. The molecule has 4 aromatic rings. The summed E-state index contributed by atoms with van der Waals surface area (Å²) in [5, 5.41) is 24.0. The van der Waals surface area contributed by atoms with E-state index in [9.17, 15) is 19.2 Å². The summed E-state index contributed by atoms with van der Waals surface area (Å²) in [6.07, 6.45) is 4.24. The van der Waals surface area contributed by atoms with Crippen molar-refractivity contribution < 1.29 is 43.6 Å². The lowest BCUT2D eigenvalue weighted by atomic mass is 9.72. The van der Waals surface area contributed by atoms with Gasteiger partial charge in [0.05, 0.1) is 12.6 Å². The highest BCUT2D eigenvalue weighted by Crippen LogP contribution is 2.42. The van der Waals surface area contributed by atoms with Crippen LogP contribution in [0.2, 0.25) is 0 Å². The maximum atomic E-state index is 11.6. The van der Waals surface area contributed by atoms with Crippen LogP contribution >= 0.6 is 0 Å². The lowest BCUT2D eigenvalue weighted by Crippen LogP contribution is -2.56. The number of hydrogen-bond acceptors (Lipinski definition) is 10. The summed E-state index contributed by atoms with van der Waals surface area (Å²) < 4.78 is 15.5. The van der Waals surface area contributed by atoms with Gasteiger partial charge in [0.15, 0.2) is 12.1 Å². The molecular formula is C46H61N5O9. The number of carbonyl (C=O) groups is 4. The first kappa shape index (κ1) is 47.0. The highest BCUT2D eigenvalue weighted by Gasteiger charge is 2.42. The molecule has 2 amide bonds. The van der Waals surface area contributed by atoms with E-state index in [1.807, 2.05) is 18.3 Å². The summed E-state index contributed by atoms with van der Waals surface area (Å²) in [6, 6.07) is 23.3. The number of carboxylic acids is 2. The van der Waals surface area contributed by atoms with Crippen LogP contribution in [-0.4, -0.2) is 81.7 Å². The van der Waals surface area contributed by atoms with E-state index >= 15 is 0 Å². The Morgan fingerprint density at radius 2 is 1.33 bits per heavy atom. The van der Waals surface area contributed by atoms with Crippen molar-refractivity contribution in [1.82, 2.24) is 20.5 Å². The Bertz CT molecular complexity index is 1950. The second-order valence-corrected chi connectivity index (χ2v) is 17.0. The highest BCUT2D eigenvalue weighted by molar-refractivity contribution is 5.84. The lowest BCUT2D eigenvalue weighted by Gasteiger charge is -2.51. The van der Waals surface area contributed by atoms with Gasteiger partial charge in [0.1, 0.15) is 17.0 Å². The van der Waals surface area contributed by atoms with Gasteiger partial charge in [-0.05, 0) is 114 Å². The van der Waals surface area contributed by atoms with E-state index in [4.69, 9.17) is 30.2 Å². The summed E-state index contributed by atoms with van der Waals surface area (Å²) in [7, 11) is 1.70. The molecule has 4 heterocycles. The van der Waals surface area contributed by atoms with Crippen molar-refractivity contribution in [2.75, 3.05) is 20.2 Å². The number of nitrogens with two attached hydrogens (primary N) is 1. The van der Waals surface area contributed by atoms with Crippen molar-refractivity contribution in [2.24, 2.45) is 17.6 Å². The number of amides is 2. The minimum atomic E-state index is -1.13. The van der Waals surface area contributed by atoms with E-state index in [0.717, 1.165) is 28.5 Å². The zero-order valence-electron chi connectivity index (χ0n) is 35.9. The third-order valence-corrected chi connectivity index (χ3v) is 10.3. The monoisotopic (exact) mass is 827 g/mol. The average Bonchev–Trinajstić information content (AvgIpc) is 3.21. The molecule has 14 heteroatoms. The number of benzene rings is 3. The predicted octanol–water partition coefficient (Wildman–Crippen LogP) is 8.04. The number of piperidine rings is 3. The second kappa shape index (κ2) is 21.0. The molecule has 0 radical (unpaired) electrons. The van der Waals surface area contributed by atoms with Crippen molar-refractivity contribution in [1.29, 1.82) is 0 Å². The smallest absolute Gasteiger partial charge is 0.408 e. The number of aromatic nitrogens is 1. The molecule has 1 aromatic heterocycles. The zero-order valence-corrected chi connectivity index (χ0v) is 35.9. The molecular weight excluding hydrogens is 767 g/mol. The SMILES string of the molecule is CC(C)(C)OC(=O)N[C@H](C(=O)O)c1ccccc1.CC(C)(C)OC(=O)N[C@H](C(=O)O)c1ccccc1.CC[C@H]1CN2CC[C@H]1C[C@H]2[C@@H](N)c1ccnc2ccc(OC)cc12. The molecule has 0 aliphatic carbocycles. The first-order valence-electron chi connectivity index (χ1n) is 20.3. The number of alkyl carbamates (subject to hydrolysis) is 2. The number of carbonyl (C=O) groups excluding carboxylic acids is 2. The van der Waals surface area contributed by atoms with Gasteiger partial charge in [-0.25, -0.2) is 19.2 Å². The summed E-state index contributed by atoms with van der Waals surface area (Å²) in [6.45, 7) is 15.0. The van der Waals surface area contributed by atoms with E-state index in [0.29, 0.717) is 17.2 Å². The van der Waals surface area contributed by atoms with Gasteiger partial charge in [0, 0.05) is 30.2 Å². The van der Waals surface area contributed by atoms with Gasteiger partial charge in [0.25, 0.3) is 0 Å². The molecule has 0 saturated carbocycles. The quantitative estimate of drug-likeness (QED) is 0.103. The third kappa shape index (κ3) is 13.7. The number of nitrogens with zero attached hydrogens (tertiary/aromatic N) is 2. The minimum absolute atomic E-state index is 0.0308. The average molecular weight is 828 g/mol. The number of aliphatic carboxylic acids is 2. The predicted molar refractivity (Wildman–Crippen MR) is 229 cm³/mol. The van der Waals surface area contributed by atoms with Crippen LogP contribution in [0.15, 0.2) is 91.1 Å². The van der Waals surface area contributed by atoms with Crippen LogP contribution in [0.4, 0.5) is 9.59 Å². The van der Waals surface area contributed by atoms with Crippen molar-refractivity contribution in [2.45, 2.75) is 103 Å². The van der Waals surface area contributed by atoms with Crippen molar-refractivity contribution in [3.63, 3.8) is 0 Å². The topological polar surface area (TPSA) is 203 Å². The van der Waals surface area contributed by atoms with Gasteiger partial charge < -0.3 is 40.8 Å². The molecule has 3 saturated heterocycles. The highest BCUT2D eigenvalue weighted by atomic mass is 16.6. The van der Waals surface area contributed by atoms with Crippen LogP contribution in [-0.2, 0) is 19.1 Å². The number of fused-ring (bicyclic) bond motifs is 4. The standard InChI is InChI=1S/C20H27N3O.2C13H17NO4/c1-3-13-12-23-9-7-14(13)10-19(23)20(21)16-6-8-22-18-5-4-15(24-2)11-17(16)18;2*1-13(2,3)18-12(17)14-10(11(15)16)9-7-5-4-6-8-9/h4-6,8,11,13-14,19-20H,3,7,9-10,12,21H2,1-2H3;2*4-8,10H,1-3H3,(H,14,17)(H,15,16)/t13-,14-,19-,20-;2*10-/m000/s1. The third-order valence-electron chi connectivity index (χ3n) is 10.3. The van der Waals surface area contributed by atoms with Crippen molar-refractivity contribution in [3.05, 3.63) is 108 Å². The number of carboxylic acid groups (broad SMARTS) is 2. The van der Waals surface area contributed by atoms with Gasteiger partial charge in [-0.2, -0.15) is 0 Å². The molecule has 0 spiro atoms. The number of methoxy groups -OCH3 is 1. The fourth-order valence-corrected chi connectivity index (χ4v) is 7.50. The number of pyridine rings is 1. The van der Waals surface area contributed by atoms with E-state index in [-0.39, 0.29) is 6.04 Å². The zero-order chi connectivity index (χ0) is 44.2. The van der Waals surface area contributed by atoms with E-state index in [2.05, 4.69) is 39.6 Å². The van der Waals surface area contributed by atoms with Gasteiger partial charge in [-0.15, -0.1) is 0 Å². The molecule has 14 nitrogen and oxygen atoms in total. The Morgan fingerprint density at radius 1 is 0.817 bits per heavy atom. The molecule has 6 N–H and O–H groups in total. The Balaban J connectivity index is 0.000000202. The molecule has 1 unspecified atom stereocenters. The fourth-order valence-electron chi connectivity index (χ4n) is 7.50. The summed E-state index contributed by atoms with van der Waals surface area (Å²) in [5.74, 6) is 0.301. The molecule has 324 valence electrons. The Labute approximate surface area is 352 Å². The molecule has 2 bridgehead atoms. The Kier molecular flexibility index (Phi) is 16.4. The maximum Gasteiger partial charge on any atom is 0.408 e. The number of hydrogen-bond donors (Lipinski definition) is 5. The van der Waals surface area contributed by atoms with E-state index in [1.165, 1.54) is 37.9 Å². The van der Waals surface area contributed by atoms with Crippen LogP contribution in [0.1, 0.15) is 103 Å². The molecule has 7 atom stereocenters. The summed E-state index contributed by atoms with van der Waals surface area (Å²) in [4.78, 5) is 52.5. The molecule has 3 aliphatic rings. The molecule has 3 aliphatic heterocycles. The van der Waals surface area contributed by atoms with Crippen molar-refractivity contribution in [3.8, 4) is 5.75 Å². The molecule has 3 fully saturated rings. The minimum Gasteiger partial charge on any atom is -0.497 e. The first-order chi connectivity index (χ1) is 28.3. The van der Waals surface area contributed by atoms with Crippen molar-refractivity contribution >= 4 is 35.0 Å². The van der Waals surface area contributed by atoms with E-state index < -0.39 is 47.4 Å². The number of ether oxygens (including phenoxy) is 3. The maximum absolute atomic E-state index is 11.6. The number of rotatable bonds is 10. The second-order valence-electron chi connectivity index (χ2n) is 17.0. The van der Waals surface area contributed by atoms with Crippen LogP contribution in [0.5, 0.6) is 5.75 Å². The lowest BCUT2D eigenvalue weighted by molar-refractivity contribution is -0.140. The summed E-state index contributed by atoms with van der Waals surface area (Å²) in [5.41, 5.74) is 8.65. The normalized spacial score (nSPS) is 19.8. The largest absolute Gasteiger partial charge is 0.497 e. The Morgan fingerprint density at radius 3 is 1.75 bits per heavy atom. The van der Waals surface area contributed by atoms with Crippen LogP contribution in [0, 0.1) is 11.8 Å². The van der Waals surface area contributed by atoms with Gasteiger partial charge in [0.2, 0.25) is 0 Å². The Hall–Kier alpha value is -5.73. The first-order valence-corrected chi connectivity index (χ1v) is 20.3. The van der Waals surface area contributed by atoms with Gasteiger partial charge >= 0.3 is 24.1 Å². The van der Waals surface area contributed by atoms with Gasteiger partial charge in [-0.3, -0.25) is 9.88 Å². The number of nitrogens with one attached hydrogen (secondary N) is 2. The molecule has 7 rings (SSSR count). The van der Waals surface area contributed by atoms with Gasteiger partial charge in [-0.1, -0.05) is 74.0 Å². The van der Waals surface area contributed by atoms with Crippen LogP contribution in [0.3, 0.4) is 0 Å². The molecule has 3 aromatic carbocycles. The summed E-state index contributed by atoms with van der Waals surface area (Å²) >= 11 is 0.